The van der Waals surface area contributed by atoms with Crippen LogP contribution in [-0.4, -0.2) is 20.2 Å². The number of hydrogen-bond acceptors (Lipinski definition) is 4. The third kappa shape index (κ3) is 6.26. The van der Waals surface area contributed by atoms with Crippen molar-refractivity contribution in [1.29, 1.82) is 0 Å². The van der Waals surface area contributed by atoms with Crippen molar-refractivity contribution in [3.63, 3.8) is 0 Å². The van der Waals surface area contributed by atoms with Crippen LogP contribution in [0, 0.1) is 0 Å². The molecule has 166 valence electrons. The minimum atomic E-state index is -3.72. The van der Waals surface area contributed by atoms with Crippen LogP contribution in [0.15, 0.2) is 83.8 Å². The monoisotopic (exact) mass is 451 g/mol. The maximum absolute atomic E-state index is 12.5. The summed E-state index contributed by atoms with van der Waals surface area (Å²) in [6.07, 6.45) is 0. The molecule has 0 aromatic heterocycles. The first-order valence-electron chi connectivity index (χ1n) is 10.1. The molecule has 0 bridgehead atoms. The fourth-order valence-corrected chi connectivity index (χ4v) is 4.08. The van der Waals surface area contributed by atoms with Gasteiger partial charge in [-0.3, -0.25) is 9.59 Å². The molecule has 0 aliphatic heterocycles. The molecule has 0 saturated carbocycles. The third-order valence-corrected chi connectivity index (χ3v) is 6.23. The van der Waals surface area contributed by atoms with Crippen LogP contribution in [0.25, 0.3) is 0 Å². The van der Waals surface area contributed by atoms with Crippen molar-refractivity contribution < 1.29 is 18.0 Å². The number of carbonyl (C=O) groups is 2. The normalized spacial score (nSPS) is 12.1. The van der Waals surface area contributed by atoms with Gasteiger partial charge in [0.05, 0.1) is 10.9 Å². The Balaban J connectivity index is 1.58. The lowest BCUT2D eigenvalue weighted by Crippen LogP contribution is -2.26. The van der Waals surface area contributed by atoms with E-state index < -0.39 is 10.0 Å². The van der Waals surface area contributed by atoms with Crippen LogP contribution in [0.5, 0.6) is 0 Å². The Bertz CT molecular complexity index is 1180. The van der Waals surface area contributed by atoms with Crippen LogP contribution in [0.3, 0.4) is 0 Å². The van der Waals surface area contributed by atoms with Gasteiger partial charge in [-0.05, 0) is 54.4 Å². The van der Waals surface area contributed by atoms with Gasteiger partial charge in [0.25, 0.3) is 5.91 Å². The van der Waals surface area contributed by atoms with E-state index in [4.69, 9.17) is 0 Å². The Morgan fingerprint density at radius 1 is 0.875 bits per heavy atom. The SMILES string of the molecule is CC(=O)Nc1ccc(S(=O)(=O)NCc2ccc(C(=O)N[C@H](C)c3ccccc3)cc2)cc1. The van der Waals surface area contributed by atoms with Gasteiger partial charge >= 0.3 is 0 Å². The Labute approximate surface area is 187 Å². The van der Waals surface area contributed by atoms with Gasteiger partial charge in [0.1, 0.15) is 0 Å². The molecule has 2 amide bonds. The summed E-state index contributed by atoms with van der Waals surface area (Å²) in [5.74, 6) is -0.432. The lowest BCUT2D eigenvalue weighted by molar-refractivity contribution is -0.114. The molecule has 3 N–H and O–H groups in total. The summed E-state index contributed by atoms with van der Waals surface area (Å²) in [6.45, 7) is 3.38. The van der Waals surface area contributed by atoms with Gasteiger partial charge in [-0.1, -0.05) is 42.5 Å². The van der Waals surface area contributed by atoms with Crippen LogP contribution in [0.4, 0.5) is 5.69 Å². The topological polar surface area (TPSA) is 104 Å². The lowest BCUT2D eigenvalue weighted by Gasteiger charge is -2.14. The van der Waals surface area contributed by atoms with Gasteiger partial charge in [0.2, 0.25) is 15.9 Å². The molecule has 32 heavy (non-hydrogen) atoms. The van der Waals surface area contributed by atoms with Crippen molar-refractivity contribution in [2.75, 3.05) is 5.32 Å². The molecule has 1 atom stereocenters. The van der Waals surface area contributed by atoms with Gasteiger partial charge in [0, 0.05) is 24.7 Å². The first-order valence-corrected chi connectivity index (χ1v) is 11.5. The molecular weight excluding hydrogens is 426 g/mol. The second-order valence-electron chi connectivity index (χ2n) is 7.33. The summed E-state index contributed by atoms with van der Waals surface area (Å²) in [5, 5.41) is 5.54. The summed E-state index contributed by atoms with van der Waals surface area (Å²) in [6, 6.07) is 22.2. The fraction of sp³-hybridized carbons (Fsp3) is 0.167. The number of sulfonamides is 1. The summed E-state index contributed by atoms with van der Waals surface area (Å²) < 4.78 is 27.6. The van der Waals surface area contributed by atoms with Gasteiger partial charge in [-0.15, -0.1) is 0 Å². The van der Waals surface area contributed by atoms with Crippen molar-refractivity contribution in [2.24, 2.45) is 0 Å². The van der Waals surface area contributed by atoms with Gasteiger partial charge in [0.15, 0.2) is 0 Å². The zero-order valence-electron chi connectivity index (χ0n) is 17.8. The quantitative estimate of drug-likeness (QED) is 0.487. The minimum Gasteiger partial charge on any atom is -0.346 e. The zero-order chi connectivity index (χ0) is 23.1. The number of carbonyl (C=O) groups excluding carboxylic acids is 2. The summed E-state index contributed by atoms with van der Waals surface area (Å²) >= 11 is 0. The highest BCUT2D eigenvalue weighted by Crippen LogP contribution is 2.15. The van der Waals surface area contributed by atoms with Gasteiger partial charge < -0.3 is 10.6 Å². The number of hydrogen-bond donors (Lipinski definition) is 3. The first kappa shape index (κ1) is 23.2. The minimum absolute atomic E-state index is 0.0814. The van der Waals surface area contributed by atoms with E-state index in [0.29, 0.717) is 11.3 Å². The molecule has 3 aromatic rings. The molecule has 0 radical (unpaired) electrons. The van der Waals surface area contributed by atoms with Crippen LogP contribution in [0.2, 0.25) is 0 Å². The second kappa shape index (κ2) is 10.2. The molecule has 0 heterocycles. The first-order chi connectivity index (χ1) is 15.2. The van der Waals surface area contributed by atoms with E-state index >= 15 is 0 Å². The Hall–Kier alpha value is -3.49. The molecule has 0 saturated heterocycles. The van der Waals surface area contributed by atoms with E-state index in [1.807, 2.05) is 37.3 Å². The maximum atomic E-state index is 12.5. The Morgan fingerprint density at radius 2 is 1.50 bits per heavy atom. The lowest BCUT2D eigenvalue weighted by atomic mass is 10.1. The Kier molecular flexibility index (Phi) is 7.40. The van der Waals surface area contributed by atoms with Crippen molar-refractivity contribution in [2.45, 2.75) is 31.3 Å². The van der Waals surface area contributed by atoms with Crippen LogP contribution < -0.4 is 15.4 Å². The van der Waals surface area contributed by atoms with E-state index in [1.165, 1.54) is 31.2 Å². The van der Waals surface area contributed by atoms with Gasteiger partial charge in [-0.2, -0.15) is 0 Å². The Morgan fingerprint density at radius 3 is 2.09 bits per heavy atom. The number of benzene rings is 3. The van der Waals surface area contributed by atoms with E-state index in [-0.39, 0.29) is 29.3 Å². The summed E-state index contributed by atoms with van der Waals surface area (Å²) in [7, 11) is -3.72. The molecular formula is C24H25N3O4S. The van der Waals surface area contributed by atoms with Crippen LogP contribution in [-0.2, 0) is 21.4 Å². The van der Waals surface area contributed by atoms with Crippen LogP contribution in [0.1, 0.15) is 41.4 Å². The second-order valence-corrected chi connectivity index (χ2v) is 9.10. The number of nitrogens with one attached hydrogen (secondary N) is 3. The van der Waals surface area contributed by atoms with Crippen molar-refractivity contribution in [3.8, 4) is 0 Å². The smallest absolute Gasteiger partial charge is 0.251 e. The molecule has 3 aromatic carbocycles. The standard InChI is InChI=1S/C24H25N3O4S/c1-17(20-6-4-3-5-7-20)26-24(29)21-10-8-19(9-11-21)16-25-32(30,31)23-14-12-22(13-15-23)27-18(2)28/h3-15,17,25H,16H2,1-2H3,(H,26,29)(H,27,28)/t17-/m1/s1. The fourth-order valence-electron chi connectivity index (χ4n) is 3.06. The summed E-state index contributed by atoms with van der Waals surface area (Å²) in [4.78, 5) is 23.7. The van der Waals surface area contributed by atoms with E-state index in [2.05, 4.69) is 15.4 Å². The average molecular weight is 452 g/mol. The van der Waals surface area contributed by atoms with Crippen LogP contribution >= 0.6 is 0 Å². The van der Waals surface area contributed by atoms with Crippen molar-refractivity contribution in [1.82, 2.24) is 10.0 Å². The predicted molar refractivity (Wildman–Crippen MR) is 124 cm³/mol. The molecule has 8 heteroatoms. The summed E-state index contributed by atoms with van der Waals surface area (Å²) in [5.41, 5.74) is 2.74. The largest absolute Gasteiger partial charge is 0.346 e. The number of rotatable bonds is 8. The molecule has 0 spiro atoms. The van der Waals surface area contributed by atoms with E-state index in [9.17, 15) is 18.0 Å². The van der Waals surface area contributed by atoms with Crippen molar-refractivity contribution >= 4 is 27.5 Å². The maximum Gasteiger partial charge on any atom is 0.251 e. The highest BCUT2D eigenvalue weighted by Gasteiger charge is 2.15. The average Bonchev–Trinajstić information content (AvgIpc) is 2.78. The zero-order valence-corrected chi connectivity index (χ0v) is 18.6. The van der Waals surface area contributed by atoms with E-state index in [0.717, 1.165) is 11.1 Å². The number of anilines is 1. The molecule has 7 nitrogen and oxygen atoms in total. The molecule has 0 aliphatic carbocycles. The highest BCUT2D eigenvalue weighted by atomic mass is 32.2. The van der Waals surface area contributed by atoms with Gasteiger partial charge in [-0.25, -0.2) is 13.1 Å². The van der Waals surface area contributed by atoms with Crippen molar-refractivity contribution in [3.05, 3.63) is 95.6 Å². The predicted octanol–water partition coefficient (Wildman–Crippen LogP) is 3.61. The molecule has 3 rings (SSSR count). The molecule has 0 aliphatic rings. The third-order valence-electron chi connectivity index (χ3n) is 4.81. The molecule has 0 unspecified atom stereocenters. The van der Waals surface area contributed by atoms with E-state index in [1.54, 1.807) is 24.3 Å². The highest BCUT2D eigenvalue weighted by molar-refractivity contribution is 7.89. The number of amides is 2. The molecule has 0 fully saturated rings.